The van der Waals surface area contributed by atoms with E-state index in [1.165, 1.54) is 0 Å². The summed E-state index contributed by atoms with van der Waals surface area (Å²) >= 11 is 0. The predicted molar refractivity (Wildman–Crippen MR) is 199 cm³/mol. The van der Waals surface area contributed by atoms with Crippen LogP contribution < -0.4 is 0 Å². The van der Waals surface area contributed by atoms with Gasteiger partial charge in [0.05, 0.1) is 0 Å². The summed E-state index contributed by atoms with van der Waals surface area (Å²) in [6.45, 7) is 28.8. The van der Waals surface area contributed by atoms with Gasteiger partial charge in [0.2, 0.25) is 0 Å². The van der Waals surface area contributed by atoms with Gasteiger partial charge in [-0.15, -0.1) is 0 Å². The molecule has 0 radical (unpaired) electrons. The molecule has 0 aliphatic rings. The zero-order valence-electron chi connectivity index (χ0n) is 28.8. The van der Waals surface area contributed by atoms with Crippen LogP contribution >= 0.6 is 0 Å². The maximum absolute atomic E-state index is 11.8. The van der Waals surface area contributed by atoms with Crippen molar-refractivity contribution < 1.29 is 47.2 Å². The van der Waals surface area contributed by atoms with Gasteiger partial charge in [-0.05, 0) is 59.0 Å². The summed E-state index contributed by atoms with van der Waals surface area (Å²) in [5, 5.41) is 9.66. The molecule has 22 heteroatoms. The molecule has 0 spiro atoms. The van der Waals surface area contributed by atoms with E-state index >= 15 is 0 Å². The van der Waals surface area contributed by atoms with Crippen LogP contribution in [-0.2, 0) is 42.1 Å². The van der Waals surface area contributed by atoms with Crippen molar-refractivity contribution in [2.45, 2.75) is 110 Å². The summed E-state index contributed by atoms with van der Waals surface area (Å²) in [6, 6.07) is 0. The Balaban J connectivity index is 8.18. The number of carboxylic acids is 1. The van der Waals surface area contributed by atoms with Crippen LogP contribution in [0.5, 0.6) is 0 Å². The van der Waals surface area contributed by atoms with Crippen molar-refractivity contribution in [3.8, 4) is 0 Å². The number of aliphatic carboxylic acids is 1. The number of hydrogen-bond donors (Lipinski definition) is 1. The fraction of sp³-hybridized carbons (Fsp3) is 0.850. The van der Waals surface area contributed by atoms with Crippen LogP contribution in [-0.4, -0.2) is 118 Å². The van der Waals surface area contributed by atoms with Gasteiger partial charge in [-0.25, -0.2) is 4.79 Å². The van der Waals surface area contributed by atoms with Gasteiger partial charge in [0.1, 0.15) is 58.6 Å². The van der Waals surface area contributed by atoms with Crippen molar-refractivity contribution in [2.75, 3.05) is 0 Å². The largest absolute Gasteiger partial charge is 0.505 e. The molecule has 0 fully saturated rings. The molecule has 0 heterocycles. The van der Waals surface area contributed by atoms with Gasteiger partial charge in [-0.1, -0.05) is 45.4 Å². The van der Waals surface area contributed by atoms with E-state index < -0.39 is 112 Å². The maximum Gasteiger partial charge on any atom is 0.505 e. The number of allylic oxidation sites excluding steroid dienone is 1. The Kier molecular flexibility index (Phi) is 19.7. The lowest BCUT2D eigenvalue weighted by Crippen LogP contribution is -2.84. The van der Waals surface area contributed by atoms with Gasteiger partial charge in [0, 0.05) is 12.1 Å². The summed E-state index contributed by atoms with van der Waals surface area (Å²) in [5.41, 5.74) is 0.254. The molecule has 0 atom stereocenters. The van der Waals surface area contributed by atoms with E-state index in [2.05, 4.69) is 78.6 Å². The fourth-order valence-electron chi connectivity index (χ4n) is 4.83. The highest BCUT2D eigenvalue weighted by Gasteiger charge is 2.78. The lowest BCUT2D eigenvalue weighted by atomic mass is 10.2. The zero-order chi connectivity index (χ0) is 32.9. The quantitative estimate of drug-likeness (QED) is 0.110. The average Bonchev–Trinajstić information content (AvgIpc) is 2.81. The standard InChI is InChI=1S/C20H60O11Si11/c1-18(19(21)22)16-15-17-20(41(24-32-2,25-33-3)26-34-4,42(27-35-5,28-36-6)29-37-7)23-40(14,30-38(8,9)10)31-39(11,12)13/h16H,15,17,32-37H2,1-14H3,(H,21,22). The predicted octanol–water partition coefficient (Wildman–Crippen LogP) is 0.672. The maximum atomic E-state index is 11.8. The highest BCUT2D eigenvalue weighted by molar-refractivity contribution is 6.94. The molecule has 250 valence electrons. The van der Waals surface area contributed by atoms with Gasteiger partial charge in [-0.3, -0.25) is 0 Å². The van der Waals surface area contributed by atoms with Crippen molar-refractivity contribution in [2.24, 2.45) is 0 Å². The minimum Gasteiger partial charge on any atom is -0.478 e. The number of rotatable bonds is 24. The molecule has 42 heavy (non-hydrogen) atoms. The molecular formula is C20H60O11Si11. The van der Waals surface area contributed by atoms with Crippen molar-refractivity contribution in [3.05, 3.63) is 11.6 Å². The van der Waals surface area contributed by atoms with Crippen LogP contribution in [0.15, 0.2) is 11.6 Å². The Labute approximate surface area is 274 Å². The SMILES string of the molecule is C[SiH2]O[Si](O[SiH2]C)(O[SiH2]C)C(CCC=C(C)C(=O)O)(O[Si](C)(O[Si](C)(C)C)O[Si](C)(C)C)[Si](O[SiH2]C)(O[SiH2]C)O[SiH2]C. The molecule has 0 unspecified atom stereocenters. The number of carboxylic acid groups (broad SMARTS) is 1. The molecule has 0 aliphatic carbocycles. The minimum absolute atomic E-state index is 0.254. The van der Waals surface area contributed by atoms with E-state index in [0.29, 0.717) is 12.8 Å². The lowest BCUT2D eigenvalue weighted by molar-refractivity contribution is -0.132. The molecule has 11 nitrogen and oxygen atoms in total. The van der Waals surface area contributed by atoms with Gasteiger partial charge in [0.25, 0.3) is 0 Å². The van der Waals surface area contributed by atoms with Gasteiger partial charge >= 0.3 is 32.4 Å². The molecule has 0 bridgehead atoms. The van der Waals surface area contributed by atoms with Crippen LogP contribution in [0.4, 0.5) is 0 Å². The third kappa shape index (κ3) is 12.8. The summed E-state index contributed by atoms with van der Waals surface area (Å²) < 4.78 is 62.5. The second kappa shape index (κ2) is 19.2. The summed E-state index contributed by atoms with van der Waals surface area (Å²) in [4.78, 5) is 10.4. The number of carbonyl (C=O) groups is 1. The molecule has 0 rings (SSSR count). The Bertz CT molecular complexity index is 764. The van der Waals surface area contributed by atoms with Crippen molar-refractivity contribution in [1.29, 1.82) is 0 Å². The molecule has 0 saturated heterocycles. The molecule has 1 N–H and O–H groups in total. The van der Waals surface area contributed by atoms with Crippen LogP contribution in [0.3, 0.4) is 0 Å². The molecule has 0 aromatic heterocycles. The van der Waals surface area contributed by atoms with Crippen LogP contribution in [0.2, 0.25) is 85.1 Å². The van der Waals surface area contributed by atoms with Crippen LogP contribution in [0.1, 0.15) is 19.8 Å². The Morgan fingerprint density at radius 3 is 1.21 bits per heavy atom. The van der Waals surface area contributed by atoms with E-state index in [1.54, 1.807) is 13.0 Å². The molecular weight excluding hydrogens is 725 g/mol. The second-order valence-electron chi connectivity index (χ2n) is 11.7. The van der Waals surface area contributed by atoms with Crippen molar-refractivity contribution in [3.63, 3.8) is 0 Å². The van der Waals surface area contributed by atoms with Crippen LogP contribution in [0, 0.1) is 0 Å². The second-order valence-corrected chi connectivity index (χ2v) is 38.4. The monoisotopic (exact) mass is 784 g/mol. The summed E-state index contributed by atoms with van der Waals surface area (Å²) in [6.07, 6.45) is 2.39. The minimum atomic E-state index is -3.74. The Morgan fingerprint density at radius 1 is 0.667 bits per heavy atom. The number of hydrogen-bond acceptors (Lipinski definition) is 10. The molecule has 0 saturated carbocycles. The first-order chi connectivity index (χ1) is 19.3. The van der Waals surface area contributed by atoms with Gasteiger partial charge in [0.15, 0.2) is 21.5 Å². The highest BCUT2D eigenvalue weighted by atomic mass is 28.5. The van der Waals surface area contributed by atoms with Crippen molar-refractivity contribution >= 4 is 108 Å². The highest BCUT2D eigenvalue weighted by Crippen LogP contribution is 2.45. The lowest BCUT2D eigenvalue weighted by Gasteiger charge is -2.55. The molecule has 0 aromatic rings. The molecule has 0 aliphatic heterocycles. The summed E-state index contributed by atoms with van der Waals surface area (Å²) in [5.74, 6) is -0.963. The summed E-state index contributed by atoms with van der Waals surface area (Å²) in [7, 11) is -21.8. The van der Waals surface area contributed by atoms with E-state index in [0.717, 1.165) is 0 Å². The zero-order valence-corrected chi connectivity index (χ0v) is 42.2. The Hall–Kier alpha value is 1.24. The smallest absolute Gasteiger partial charge is 0.478 e. The first-order valence-corrected chi connectivity index (χ1v) is 39.6. The van der Waals surface area contributed by atoms with E-state index in [1.807, 2.05) is 6.55 Å². The van der Waals surface area contributed by atoms with Gasteiger partial charge in [-0.2, -0.15) is 0 Å². The normalized spacial score (nSPS) is 19.6. The fourth-order valence-corrected chi connectivity index (χ4v) is 45.0. The topological polar surface area (TPSA) is 120 Å². The average molecular weight is 786 g/mol. The van der Waals surface area contributed by atoms with Crippen molar-refractivity contribution in [1.82, 2.24) is 0 Å². The molecule has 0 aromatic carbocycles. The van der Waals surface area contributed by atoms with Crippen LogP contribution in [0.25, 0.3) is 0 Å². The van der Waals surface area contributed by atoms with E-state index in [-0.39, 0.29) is 5.57 Å². The third-order valence-corrected chi connectivity index (χ3v) is 35.2. The van der Waals surface area contributed by atoms with E-state index in [9.17, 15) is 9.90 Å². The first-order valence-electron chi connectivity index (χ1n) is 15.2. The van der Waals surface area contributed by atoms with Gasteiger partial charge < -0.3 is 42.5 Å². The first kappa shape index (κ1) is 43.2. The molecule has 0 amide bonds. The third-order valence-electron chi connectivity index (χ3n) is 5.62. The van der Waals surface area contributed by atoms with E-state index in [4.69, 9.17) is 37.3 Å². The Morgan fingerprint density at radius 2 is 0.976 bits per heavy atom.